The van der Waals surface area contributed by atoms with Crippen LogP contribution < -0.4 is 0 Å². The Morgan fingerprint density at radius 1 is 1.42 bits per heavy atom. The molecule has 0 atom stereocenters. The molecule has 0 spiro atoms. The molecular weight excluding hydrogens is 192 g/mol. The van der Waals surface area contributed by atoms with Gasteiger partial charge in [0.25, 0.3) is 0 Å². The molecule has 4 heteroatoms. The van der Waals surface area contributed by atoms with Crippen molar-refractivity contribution in [3.8, 4) is 0 Å². The Hall–Kier alpha value is 0.170. The molecule has 1 aliphatic rings. The van der Waals surface area contributed by atoms with E-state index < -0.39 is 5.97 Å². The third kappa shape index (κ3) is 4.26. The Balaban J connectivity index is 2.01. The fraction of sp³-hybridized carbons (Fsp3) is 0.875. The molecule has 2 nitrogen and oxygen atoms in total. The van der Waals surface area contributed by atoms with Gasteiger partial charge in [-0.05, 0) is 30.8 Å². The molecule has 0 amide bonds. The Morgan fingerprint density at radius 2 is 2.08 bits per heavy atom. The van der Waals surface area contributed by atoms with E-state index in [1.165, 1.54) is 17.9 Å². The van der Waals surface area contributed by atoms with Crippen LogP contribution in [0.2, 0.25) is 0 Å². The summed E-state index contributed by atoms with van der Waals surface area (Å²) >= 11 is 3.97. The minimum atomic E-state index is -0.666. The third-order valence-electron chi connectivity index (χ3n) is 1.73. The first-order valence-corrected chi connectivity index (χ1v) is 6.34. The fourth-order valence-corrected chi connectivity index (χ4v) is 4.08. The van der Waals surface area contributed by atoms with E-state index in [4.69, 9.17) is 5.11 Å². The van der Waals surface area contributed by atoms with Crippen LogP contribution >= 0.6 is 23.5 Å². The van der Waals surface area contributed by atoms with Gasteiger partial charge in [0.2, 0.25) is 0 Å². The maximum absolute atomic E-state index is 10.2. The second-order valence-electron chi connectivity index (χ2n) is 2.81. The van der Waals surface area contributed by atoms with E-state index in [0.29, 0.717) is 11.0 Å². The molecule has 0 saturated carbocycles. The number of carbonyl (C=O) groups is 1. The van der Waals surface area contributed by atoms with Crippen molar-refractivity contribution < 1.29 is 9.90 Å². The molecule has 1 aliphatic heterocycles. The van der Waals surface area contributed by atoms with E-state index in [1.54, 1.807) is 0 Å². The molecular formula is C8H14O2S2. The fourth-order valence-electron chi connectivity index (χ4n) is 1.12. The number of carboxylic acids is 1. The highest BCUT2D eigenvalue weighted by Gasteiger charge is 2.13. The molecule has 1 rings (SSSR count). The Labute approximate surface area is 81.5 Å². The average molecular weight is 206 g/mol. The van der Waals surface area contributed by atoms with Crippen molar-refractivity contribution >= 4 is 29.5 Å². The first-order valence-electron chi connectivity index (χ1n) is 4.24. The van der Waals surface area contributed by atoms with Crippen LogP contribution in [0.4, 0.5) is 0 Å². The second kappa shape index (κ2) is 5.75. The number of aliphatic carboxylic acids is 1. The zero-order valence-electron chi connectivity index (χ0n) is 6.99. The number of thioether (sulfide) groups is 2. The molecule has 1 fully saturated rings. The summed E-state index contributed by atoms with van der Waals surface area (Å²) in [4.78, 5) is 10.2. The summed E-state index contributed by atoms with van der Waals surface area (Å²) in [6, 6.07) is 0. The van der Waals surface area contributed by atoms with Crippen molar-refractivity contribution in [2.75, 3.05) is 11.5 Å². The molecule has 0 bridgehead atoms. The van der Waals surface area contributed by atoms with Gasteiger partial charge in [0, 0.05) is 6.42 Å². The highest BCUT2D eigenvalue weighted by Crippen LogP contribution is 2.33. The van der Waals surface area contributed by atoms with Crippen molar-refractivity contribution in [3.05, 3.63) is 0 Å². The SMILES string of the molecule is O=C(O)CCCC1SCCCS1. The zero-order valence-corrected chi connectivity index (χ0v) is 8.62. The number of hydrogen-bond donors (Lipinski definition) is 1. The van der Waals surface area contributed by atoms with Crippen LogP contribution in [-0.4, -0.2) is 27.2 Å². The van der Waals surface area contributed by atoms with Crippen molar-refractivity contribution in [2.45, 2.75) is 30.3 Å². The lowest BCUT2D eigenvalue weighted by Gasteiger charge is -2.20. The summed E-state index contributed by atoms with van der Waals surface area (Å²) in [6.07, 6.45) is 3.53. The maximum atomic E-state index is 10.2. The summed E-state index contributed by atoms with van der Waals surface area (Å²) in [5, 5.41) is 8.43. The van der Waals surface area contributed by atoms with Crippen molar-refractivity contribution in [2.24, 2.45) is 0 Å². The van der Waals surface area contributed by atoms with E-state index in [2.05, 4.69) is 0 Å². The predicted molar refractivity (Wildman–Crippen MR) is 54.8 cm³/mol. The van der Waals surface area contributed by atoms with Crippen LogP contribution in [0.5, 0.6) is 0 Å². The largest absolute Gasteiger partial charge is 0.481 e. The van der Waals surface area contributed by atoms with Crippen LogP contribution in [0.1, 0.15) is 25.7 Å². The van der Waals surface area contributed by atoms with Crippen LogP contribution in [0.3, 0.4) is 0 Å². The first kappa shape index (κ1) is 10.3. The summed E-state index contributed by atoms with van der Waals surface area (Å²) in [7, 11) is 0. The smallest absolute Gasteiger partial charge is 0.303 e. The molecule has 70 valence electrons. The third-order valence-corrected chi connectivity index (χ3v) is 4.81. The van der Waals surface area contributed by atoms with Gasteiger partial charge in [-0.2, -0.15) is 0 Å². The molecule has 1 N–H and O–H groups in total. The molecule has 12 heavy (non-hydrogen) atoms. The van der Waals surface area contributed by atoms with Gasteiger partial charge in [0.1, 0.15) is 0 Å². The molecule has 0 aliphatic carbocycles. The van der Waals surface area contributed by atoms with Crippen molar-refractivity contribution in [3.63, 3.8) is 0 Å². The summed E-state index contributed by atoms with van der Waals surface area (Å²) in [5.74, 6) is 1.84. The minimum Gasteiger partial charge on any atom is -0.481 e. The number of hydrogen-bond acceptors (Lipinski definition) is 3. The lowest BCUT2D eigenvalue weighted by atomic mass is 10.2. The molecule has 1 saturated heterocycles. The summed E-state index contributed by atoms with van der Waals surface area (Å²) in [6.45, 7) is 0. The second-order valence-corrected chi connectivity index (χ2v) is 5.73. The lowest BCUT2D eigenvalue weighted by Crippen LogP contribution is -2.07. The van der Waals surface area contributed by atoms with Crippen LogP contribution in [-0.2, 0) is 4.79 Å². The molecule has 0 unspecified atom stereocenters. The lowest BCUT2D eigenvalue weighted by molar-refractivity contribution is -0.137. The van der Waals surface area contributed by atoms with Gasteiger partial charge >= 0.3 is 5.97 Å². The van der Waals surface area contributed by atoms with Crippen LogP contribution in [0.15, 0.2) is 0 Å². The van der Waals surface area contributed by atoms with E-state index in [1.807, 2.05) is 23.5 Å². The first-order chi connectivity index (χ1) is 5.79. The van der Waals surface area contributed by atoms with E-state index in [0.717, 1.165) is 12.8 Å². The quantitative estimate of drug-likeness (QED) is 0.766. The van der Waals surface area contributed by atoms with E-state index in [9.17, 15) is 4.79 Å². The molecule has 1 heterocycles. The van der Waals surface area contributed by atoms with E-state index >= 15 is 0 Å². The standard InChI is InChI=1S/C8H14O2S2/c9-7(10)3-1-4-8-11-5-2-6-12-8/h8H,1-6H2,(H,9,10). The van der Waals surface area contributed by atoms with Crippen molar-refractivity contribution in [1.29, 1.82) is 0 Å². The highest BCUT2D eigenvalue weighted by atomic mass is 32.2. The maximum Gasteiger partial charge on any atom is 0.303 e. The minimum absolute atomic E-state index is 0.331. The van der Waals surface area contributed by atoms with Gasteiger partial charge < -0.3 is 5.11 Å². The zero-order chi connectivity index (χ0) is 8.81. The summed E-state index contributed by atoms with van der Waals surface area (Å²) < 4.78 is 0.665. The molecule has 0 aromatic rings. The Morgan fingerprint density at radius 3 is 2.67 bits per heavy atom. The Bertz CT molecular complexity index is 144. The van der Waals surface area contributed by atoms with Crippen molar-refractivity contribution in [1.82, 2.24) is 0 Å². The Kier molecular flexibility index (Phi) is 4.92. The monoisotopic (exact) mass is 206 g/mol. The van der Waals surface area contributed by atoms with Gasteiger partial charge in [-0.25, -0.2) is 0 Å². The van der Waals surface area contributed by atoms with Crippen LogP contribution in [0.25, 0.3) is 0 Å². The van der Waals surface area contributed by atoms with Gasteiger partial charge in [0.15, 0.2) is 0 Å². The van der Waals surface area contributed by atoms with Gasteiger partial charge in [0.05, 0.1) is 4.58 Å². The molecule has 0 aromatic heterocycles. The number of carboxylic acid groups (broad SMARTS) is 1. The van der Waals surface area contributed by atoms with Crippen LogP contribution in [0, 0.1) is 0 Å². The van der Waals surface area contributed by atoms with Gasteiger partial charge in [-0.1, -0.05) is 0 Å². The highest BCUT2D eigenvalue weighted by molar-refractivity contribution is 8.17. The van der Waals surface area contributed by atoms with Gasteiger partial charge in [-0.3, -0.25) is 4.79 Å². The van der Waals surface area contributed by atoms with E-state index in [-0.39, 0.29) is 0 Å². The predicted octanol–water partition coefficient (Wildman–Crippen LogP) is 2.44. The topological polar surface area (TPSA) is 37.3 Å². The van der Waals surface area contributed by atoms with Gasteiger partial charge in [-0.15, -0.1) is 23.5 Å². The summed E-state index contributed by atoms with van der Waals surface area (Å²) in [5.41, 5.74) is 0. The number of rotatable bonds is 4. The molecule has 0 aromatic carbocycles. The normalized spacial score (nSPS) is 19.3. The molecule has 0 radical (unpaired) electrons. The average Bonchev–Trinajstić information content (AvgIpc) is 2.05.